The van der Waals surface area contributed by atoms with E-state index in [-0.39, 0.29) is 5.41 Å². The van der Waals surface area contributed by atoms with Crippen LogP contribution in [-0.2, 0) is 16.8 Å². The first-order valence-corrected chi connectivity index (χ1v) is 5.52. The summed E-state index contributed by atoms with van der Waals surface area (Å²) in [7, 11) is 1.71. The van der Waals surface area contributed by atoms with Gasteiger partial charge in [0.2, 0.25) is 0 Å². The highest BCUT2D eigenvalue weighted by atomic mass is 79.9. The zero-order valence-electron chi connectivity index (χ0n) is 9.23. The second-order valence-corrected chi connectivity index (χ2v) is 5.34. The van der Waals surface area contributed by atoms with Gasteiger partial charge in [-0.05, 0) is 22.6 Å². The SMILES string of the molecule is COCc1ccc(C(C)(C)C)cc1Br. The smallest absolute Gasteiger partial charge is 0.0724 e. The molecule has 0 aliphatic rings. The van der Waals surface area contributed by atoms with E-state index < -0.39 is 0 Å². The summed E-state index contributed by atoms with van der Waals surface area (Å²) in [5.41, 5.74) is 2.73. The molecule has 0 radical (unpaired) electrons. The highest BCUT2D eigenvalue weighted by Gasteiger charge is 2.14. The van der Waals surface area contributed by atoms with Gasteiger partial charge in [0.05, 0.1) is 6.61 Å². The molecule has 0 spiro atoms. The first-order chi connectivity index (χ1) is 6.45. The van der Waals surface area contributed by atoms with E-state index in [0.29, 0.717) is 6.61 Å². The van der Waals surface area contributed by atoms with Crippen LogP contribution in [0.3, 0.4) is 0 Å². The van der Waals surface area contributed by atoms with Crippen LogP contribution in [0.15, 0.2) is 22.7 Å². The molecule has 14 heavy (non-hydrogen) atoms. The van der Waals surface area contributed by atoms with E-state index in [0.717, 1.165) is 4.47 Å². The average molecular weight is 257 g/mol. The number of halogens is 1. The number of rotatable bonds is 2. The molecule has 0 saturated carbocycles. The highest BCUT2D eigenvalue weighted by molar-refractivity contribution is 9.10. The van der Waals surface area contributed by atoms with Gasteiger partial charge in [-0.1, -0.05) is 48.8 Å². The van der Waals surface area contributed by atoms with E-state index in [1.165, 1.54) is 11.1 Å². The molecule has 0 heterocycles. The maximum atomic E-state index is 5.10. The molecule has 1 aromatic rings. The Morgan fingerprint density at radius 1 is 1.29 bits per heavy atom. The molecular formula is C12H17BrO. The Hall–Kier alpha value is -0.340. The Balaban J connectivity index is 3.01. The third-order valence-electron chi connectivity index (χ3n) is 2.22. The lowest BCUT2D eigenvalue weighted by atomic mass is 9.87. The number of ether oxygens (including phenoxy) is 1. The summed E-state index contributed by atoms with van der Waals surface area (Å²) in [6, 6.07) is 6.46. The summed E-state index contributed by atoms with van der Waals surface area (Å²) < 4.78 is 6.24. The van der Waals surface area contributed by atoms with Crippen LogP contribution in [0.2, 0.25) is 0 Å². The van der Waals surface area contributed by atoms with Gasteiger partial charge < -0.3 is 4.74 Å². The summed E-state index contributed by atoms with van der Waals surface area (Å²) in [6.07, 6.45) is 0. The molecule has 1 rings (SSSR count). The van der Waals surface area contributed by atoms with Crippen LogP contribution in [0.1, 0.15) is 31.9 Å². The molecule has 0 aliphatic heterocycles. The third-order valence-corrected chi connectivity index (χ3v) is 2.96. The van der Waals surface area contributed by atoms with Crippen molar-refractivity contribution in [3.63, 3.8) is 0 Å². The topological polar surface area (TPSA) is 9.23 Å². The first-order valence-electron chi connectivity index (χ1n) is 4.73. The summed E-state index contributed by atoms with van der Waals surface area (Å²) in [6.45, 7) is 7.30. The molecule has 0 fully saturated rings. The van der Waals surface area contributed by atoms with Crippen molar-refractivity contribution in [3.8, 4) is 0 Å². The van der Waals surface area contributed by atoms with E-state index in [1.807, 2.05) is 0 Å². The largest absolute Gasteiger partial charge is 0.380 e. The molecule has 0 aliphatic carbocycles. The van der Waals surface area contributed by atoms with Crippen LogP contribution in [0.4, 0.5) is 0 Å². The summed E-state index contributed by atoms with van der Waals surface area (Å²) >= 11 is 3.56. The van der Waals surface area contributed by atoms with Crippen LogP contribution in [-0.4, -0.2) is 7.11 Å². The molecule has 0 N–H and O–H groups in total. The average Bonchev–Trinajstić information content (AvgIpc) is 2.07. The fraction of sp³-hybridized carbons (Fsp3) is 0.500. The lowest BCUT2D eigenvalue weighted by molar-refractivity contribution is 0.184. The second-order valence-electron chi connectivity index (χ2n) is 4.49. The molecule has 0 bridgehead atoms. The molecule has 2 heteroatoms. The van der Waals surface area contributed by atoms with Crippen molar-refractivity contribution in [3.05, 3.63) is 33.8 Å². The van der Waals surface area contributed by atoms with Crippen LogP contribution < -0.4 is 0 Å². The predicted octanol–water partition coefficient (Wildman–Crippen LogP) is 3.89. The van der Waals surface area contributed by atoms with Crippen molar-refractivity contribution in [1.29, 1.82) is 0 Å². The van der Waals surface area contributed by atoms with E-state index in [4.69, 9.17) is 4.74 Å². The normalized spacial score (nSPS) is 11.8. The van der Waals surface area contributed by atoms with Crippen molar-refractivity contribution in [1.82, 2.24) is 0 Å². The lowest BCUT2D eigenvalue weighted by Gasteiger charge is -2.20. The molecule has 1 aromatic carbocycles. The Bertz CT molecular complexity index is 313. The Morgan fingerprint density at radius 3 is 2.36 bits per heavy atom. The number of methoxy groups -OCH3 is 1. The Morgan fingerprint density at radius 2 is 1.93 bits per heavy atom. The van der Waals surface area contributed by atoms with E-state index in [1.54, 1.807) is 7.11 Å². The maximum absolute atomic E-state index is 5.10. The minimum Gasteiger partial charge on any atom is -0.380 e. The molecular weight excluding hydrogens is 240 g/mol. The summed E-state index contributed by atoms with van der Waals surface area (Å²) in [4.78, 5) is 0. The van der Waals surface area contributed by atoms with Crippen LogP contribution in [0.25, 0.3) is 0 Å². The monoisotopic (exact) mass is 256 g/mol. The first kappa shape index (κ1) is 11.7. The van der Waals surface area contributed by atoms with E-state index in [2.05, 4.69) is 54.9 Å². The second kappa shape index (κ2) is 4.45. The Labute approximate surface area is 94.6 Å². The van der Waals surface area contributed by atoms with Crippen molar-refractivity contribution in [2.45, 2.75) is 32.8 Å². The zero-order valence-corrected chi connectivity index (χ0v) is 10.8. The molecule has 78 valence electrons. The van der Waals surface area contributed by atoms with Gasteiger partial charge in [0.1, 0.15) is 0 Å². The molecule has 0 saturated heterocycles. The standard InChI is InChI=1S/C12H17BrO/c1-12(2,3)10-6-5-9(8-14-4)11(13)7-10/h5-7H,8H2,1-4H3. The van der Waals surface area contributed by atoms with Gasteiger partial charge in [0.15, 0.2) is 0 Å². The Kier molecular flexibility index (Phi) is 3.73. The summed E-state index contributed by atoms with van der Waals surface area (Å²) in [5.74, 6) is 0. The number of benzene rings is 1. The molecule has 0 aromatic heterocycles. The van der Waals surface area contributed by atoms with Gasteiger partial charge in [-0.3, -0.25) is 0 Å². The lowest BCUT2D eigenvalue weighted by Crippen LogP contribution is -2.11. The number of hydrogen-bond donors (Lipinski definition) is 0. The highest BCUT2D eigenvalue weighted by Crippen LogP contribution is 2.27. The molecule has 0 amide bonds. The van der Waals surface area contributed by atoms with E-state index >= 15 is 0 Å². The summed E-state index contributed by atoms with van der Waals surface area (Å²) in [5, 5.41) is 0. The molecule has 0 unspecified atom stereocenters. The fourth-order valence-electron chi connectivity index (χ4n) is 1.29. The quantitative estimate of drug-likeness (QED) is 0.780. The van der Waals surface area contributed by atoms with Crippen molar-refractivity contribution in [2.75, 3.05) is 7.11 Å². The van der Waals surface area contributed by atoms with Crippen LogP contribution >= 0.6 is 15.9 Å². The van der Waals surface area contributed by atoms with Gasteiger partial charge in [-0.25, -0.2) is 0 Å². The fourth-order valence-corrected chi connectivity index (χ4v) is 1.78. The van der Waals surface area contributed by atoms with Gasteiger partial charge in [0.25, 0.3) is 0 Å². The third kappa shape index (κ3) is 2.82. The van der Waals surface area contributed by atoms with Gasteiger partial charge in [0, 0.05) is 11.6 Å². The minimum absolute atomic E-state index is 0.203. The predicted molar refractivity (Wildman–Crippen MR) is 63.6 cm³/mol. The van der Waals surface area contributed by atoms with Gasteiger partial charge in [-0.2, -0.15) is 0 Å². The zero-order chi connectivity index (χ0) is 10.8. The van der Waals surface area contributed by atoms with Gasteiger partial charge >= 0.3 is 0 Å². The maximum Gasteiger partial charge on any atom is 0.0724 e. The van der Waals surface area contributed by atoms with Crippen molar-refractivity contribution in [2.24, 2.45) is 0 Å². The minimum atomic E-state index is 0.203. The van der Waals surface area contributed by atoms with Crippen LogP contribution in [0, 0.1) is 0 Å². The van der Waals surface area contributed by atoms with E-state index in [9.17, 15) is 0 Å². The van der Waals surface area contributed by atoms with Gasteiger partial charge in [-0.15, -0.1) is 0 Å². The number of hydrogen-bond acceptors (Lipinski definition) is 1. The van der Waals surface area contributed by atoms with Crippen LogP contribution in [0.5, 0.6) is 0 Å². The molecule has 1 nitrogen and oxygen atoms in total. The van der Waals surface area contributed by atoms with Crippen molar-refractivity contribution >= 4 is 15.9 Å². The molecule has 0 atom stereocenters. The van der Waals surface area contributed by atoms with Crippen molar-refractivity contribution < 1.29 is 4.74 Å².